The first-order chi connectivity index (χ1) is 10.5. The Kier molecular flexibility index (Phi) is 6.69. The van der Waals surface area contributed by atoms with Crippen molar-refractivity contribution >= 4 is 0 Å². The number of rotatable bonds is 6. The van der Waals surface area contributed by atoms with Gasteiger partial charge in [0, 0.05) is 6.54 Å². The Balaban J connectivity index is 2.34. The zero-order valence-electron chi connectivity index (χ0n) is 15.6. The van der Waals surface area contributed by atoms with Crippen LogP contribution in [-0.2, 0) is 0 Å². The fourth-order valence-electron chi connectivity index (χ4n) is 4.73. The van der Waals surface area contributed by atoms with Crippen LogP contribution in [0, 0.1) is 0 Å². The Morgan fingerprint density at radius 1 is 0.955 bits per heavy atom. The van der Waals surface area contributed by atoms with Crippen molar-refractivity contribution < 1.29 is 0 Å². The third-order valence-electron chi connectivity index (χ3n) is 5.96. The van der Waals surface area contributed by atoms with Crippen LogP contribution in [0.5, 0.6) is 0 Å². The lowest BCUT2D eigenvalue weighted by Gasteiger charge is -2.57. The predicted molar refractivity (Wildman–Crippen MR) is 95.3 cm³/mol. The number of likely N-dealkylation sites (N-methyl/N-ethyl adjacent to an activating group) is 3. The number of nitrogens with zero attached hydrogens (tertiary/aromatic N) is 4. The van der Waals surface area contributed by atoms with E-state index in [1.165, 1.54) is 58.3 Å². The van der Waals surface area contributed by atoms with Gasteiger partial charge >= 0.3 is 0 Å². The average molecular weight is 311 g/mol. The van der Waals surface area contributed by atoms with Gasteiger partial charge in [-0.15, -0.1) is 0 Å². The molecule has 0 aromatic carbocycles. The Hall–Kier alpha value is -0.160. The van der Waals surface area contributed by atoms with Gasteiger partial charge in [-0.3, -0.25) is 14.7 Å². The van der Waals surface area contributed by atoms with Crippen molar-refractivity contribution in [1.82, 2.24) is 19.6 Å². The molecule has 0 N–H and O–H groups in total. The van der Waals surface area contributed by atoms with Crippen LogP contribution in [-0.4, -0.2) is 91.7 Å². The van der Waals surface area contributed by atoms with E-state index in [4.69, 9.17) is 0 Å². The van der Waals surface area contributed by atoms with Gasteiger partial charge in [0.05, 0.1) is 11.7 Å². The summed E-state index contributed by atoms with van der Waals surface area (Å²) < 4.78 is 0. The first-order valence-corrected chi connectivity index (χ1v) is 9.39. The van der Waals surface area contributed by atoms with Crippen molar-refractivity contribution in [2.75, 3.05) is 60.4 Å². The minimum atomic E-state index is 0.260. The van der Waals surface area contributed by atoms with Crippen molar-refractivity contribution in [3.63, 3.8) is 0 Å². The molecule has 2 fully saturated rings. The highest BCUT2D eigenvalue weighted by molar-refractivity contribution is 5.03. The lowest BCUT2D eigenvalue weighted by atomic mass is 9.82. The normalized spacial score (nSPS) is 30.1. The zero-order chi connectivity index (χ0) is 16.2. The highest BCUT2D eigenvalue weighted by atomic mass is 15.4. The van der Waals surface area contributed by atoms with Crippen LogP contribution in [0.2, 0.25) is 0 Å². The topological polar surface area (TPSA) is 13.0 Å². The molecule has 2 rings (SSSR count). The fourth-order valence-corrected chi connectivity index (χ4v) is 4.73. The van der Waals surface area contributed by atoms with Crippen molar-refractivity contribution in [1.29, 1.82) is 0 Å². The monoisotopic (exact) mass is 310 g/mol. The maximum Gasteiger partial charge on any atom is 0.0824 e. The molecule has 2 atom stereocenters. The van der Waals surface area contributed by atoms with Gasteiger partial charge in [-0.2, -0.15) is 0 Å². The van der Waals surface area contributed by atoms with Gasteiger partial charge in [0.2, 0.25) is 0 Å². The van der Waals surface area contributed by atoms with Crippen LogP contribution in [0.25, 0.3) is 0 Å². The molecule has 0 radical (unpaired) electrons. The van der Waals surface area contributed by atoms with Gasteiger partial charge in [0.15, 0.2) is 0 Å². The standard InChI is InChI=1S/C18H38N4/c1-6-21(7-2)17(22-14-9-8-10-15-22)18(19(3)4)12-11-13-20(5)16-18/h17H,6-16H2,1-5H3. The van der Waals surface area contributed by atoms with E-state index in [0.717, 1.165) is 13.1 Å². The van der Waals surface area contributed by atoms with Gasteiger partial charge in [0.1, 0.15) is 0 Å². The van der Waals surface area contributed by atoms with Crippen LogP contribution < -0.4 is 0 Å². The minimum Gasteiger partial charge on any atom is -0.304 e. The van der Waals surface area contributed by atoms with Gasteiger partial charge in [-0.1, -0.05) is 20.3 Å². The van der Waals surface area contributed by atoms with Crippen molar-refractivity contribution in [3.05, 3.63) is 0 Å². The highest BCUT2D eigenvalue weighted by Crippen LogP contribution is 2.34. The van der Waals surface area contributed by atoms with Crippen LogP contribution >= 0.6 is 0 Å². The summed E-state index contributed by atoms with van der Waals surface area (Å²) in [7, 11) is 6.91. The van der Waals surface area contributed by atoms with Gasteiger partial charge in [-0.05, 0) is 79.6 Å². The fraction of sp³-hybridized carbons (Fsp3) is 1.00. The maximum absolute atomic E-state index is 2.80. The molecule has 0 aliphatic carbocycles. The molecule has 130 valence electrons. The summed E-state index contributed by atoms with van der Waals surface area (Å²) >= 11 is 0. The molecule has 0 saturated carbocycles. The highest BCUT2D eigenvalue weighted by Gasteiger charge is 2.48. The van der Waals surface area contributed by atoms with E-state index in [1.807, 2.05) is 0 Å². The first-order valence-electron chi connectivity index (χ1n) is 9.39. The van der Waals surface area contributed by atoms with Crippen molar-refractivity contribution in [2.24, 2.45) is 0 Å². The second-order valence-electron chi connectivity index (χ2n) is 7.53. The summed E-state index contributed by atoms with van der Waals surface area (Å²) in [6, 6.07) is 0. The smallest absolute Gasteiger partial charge is 0.0824 e. The molecular formula is C18H38N4. The predicted octanol–water partition coefficient (Wildman–Crippen LogP) is 2.17. The lowest BCUT2D eigenvalue weighted by Crippen LogP contribution is -2.71. The molecule has 2 aliphatic rings. The molecule has 2 heterocycles. The molecule has 0 aromatic rings. The Morgan fingerprint density at radius 2 is 1.59 bits per heavy atom. The van der Waals surface area contributed by atoms with Crippen molar-refractivity contribution in [2.45, 2.75) is 57.7 Å². The summed E-state index contributed by atoms with van der Waals surface area (Å²) in [4.78, 5) is 10.6. The summed E-state index contributed by atoms with van der Waals surface area (Å²) in [5.41, 5.74) is 0.260. The van der Waals surface area contributed by atoms with E-state index in [0.29, 0.717) is 6.17 Å². The van der Waals surface area contributed by atoms with Crippen LogP contribution in [0.4, 0.5) is 0 Å². The second kappa shape index (κ2) is 8.09. The quantitative estimate of drug-likeness (QED) is 0.745. The lowest BCUT2D eigenvalue weighted by molar-refractivity contribution is -0.0978. The number of likely N-dealkylation sites (tertiary alicyclic amines) is 2. The van der Waals surface area contributed by atoms with E-state index < -0.39 is 0 Å². The molecule has 22 heavy (non-hydrogen) atoms. The molecule has 4 heteroatoms. The summed E-state index contributed by atoms with van der Waals surface area (Å²) in [5.74, 6) is 0. The zero-order valence-corrected chi connectivity index (χ0v) is 15.6. The molecule has 0 spiro atoms. The van der Waals surface area contributed by atoms with Crippen LogP contribution in [0.1, 0.15) is 46.0 Å². The molecule has 2 aliphatic heterocycles. The summed E-state index contributed by atoms with van der Waals surface area (Å²) in [6.07, 6.45) is 7.35. The largest absolute Gasteiger partial charge is 0.304 e. The summed E-state index contributed by atoms with van der Waals surface area (Å²) in [5, 5.41) is 0. The van der Waals surface area contributed by atoms with E-state index in [9.17, 15) is 0 Å². The van der Waals surface area contributed by atoms with Crippen molar-refractivity contribution in [3.8, 4) is 0 Å². The van der Waals surface area contributed by atoms with Crippen LogP contribution in [0.3, 0.4) is 0 Å². The number of hydrogen-bond donors (Lipinski definition) is 0. The number of hydrogen-bond acceptors (Lipinski definition) is 4. The Bertz CT molecular complexity index is 323. The van der Waals surface area contributed by atoms with E-state index >= 15 is 0 Å². The molecule has 0 aromatic heterocycles. The SMILES string of the molecule is CCN(CC)C(N1CCCCC1)C1(N(C)C)CCCN(C)C1. The first kappa shape index (κ1) is 18.2. The molecule has 2 unspecified atom stereocenters. The van der Waals surface area contributed by atoms with Gasteiger partial charge in [-0.25, -0.2) is 0 Å². The minimum absolute atomic E-state index is 0.260. The average Bonchev–Trinajstić information content (AvgIpc) is 2.53. The second-order valence-corrected chi connectivity index (χ2v) is 7.53. The molecule has 2 saturated heterocycles. The Morgan fingerprint density at radius 3 is 2.09 bits per heavy atom. The molecular weight excluding hydrogens is 272 g/mol. The van der Waals surface area contributed by atoms with E-state index in [-0.39, 0.29) is 5.54 Å². The van der Waals surface area contributed by atoms with Gasteiger partial charge in [0.25, 0.3) is 0 Å². The molecule has 0 amide bonds. The third kappa shape index (κ3) is 3.66. The maximum atomic E-state index is 2.80. The third-order valence-corrected chi connectivity index (χ3v) is 5.96. The van der Waals surface area contributed by atoms with Gasteiger partial charge < -0.3 is 4.90 Å². The summed E-state index contributed by atoms with van der Waals surface area (Å²) in [6.45, 7) is 12.0. The molecule has 0 bridgehead atoms. The number of piperidine rings is 2. The van der Waals surface area contributed by atoms with Crippen LogP contribution in [0.15, 0.2) is 0 Å². The van der Waals surface area contributed by atoms with E-state index in [1.54, 1.807) is 0 Å². The van der Waals surface area contributed by atoms with E-state index in [2.05, 4.69) is 54.6 Å². The molecule has 4 nitrogen and oxygen atoms in total. The Labute approximate surface area is 138 Å².